The van der Waals surface area contributed by atoms with Crippen molar-refractivity contribution in [1.82, 2.24) is 0 Å². The van der Waals surface area contributed by atoms with Gasteiger partial charge in [-0.3, -0.25) is 14.3 Å². The van der Waals surface area contributed by atoms with Gasteiger partial charge in [-0.1, -0.05) is 32.0 Å². The number of carbonyl (C=O) groups excluding carboxylic acids is 2. The monoisotopic (exact) mass is 451 g/mol. The van der Waals surface area contributed by atoms with Crippen LogP contribution in [0.25, 0.3) is 0 Å². The highest BCUT2D eigenvalue weighted by Crippen LogP contribution is 2.20. The Balaban J connectivity index is 1.66. The Morgan fingerprint density at radius 1 is 0.781 bits per heavy atom. The highest BCUT2D eigenvalue weighted by atomic mass is 32.2. The predicted octanol–water partition coefficient (Wildman–Crippen LogP) is 4.64. The number of benzene rings is 3. The van der Waals surface area contributed by atoms with Crippen molar-refractivity contribution in [2.24, 2.45) is 5.92 Å². The molecule has 0 saturated carbocycles. The maximum Gasteiger partial charge on any atom is 0.261 e. The molecule has 0 fully saturated rings. The number of carbonyl (C=O) groups is 2. The van der Waals surface area contributed by atoms with E-state index in [4.69, 9.17) is 0 Å². The molecule has 3 N–H and O–H groups in total. The summed E-state index contributed by atoms with van der Waals surface area (Å²) in [5.41, 5.74) is 2.81. The van der Waals surface area contributed by atoms with E-state index in [2.05, 4.69) is 15.4 Å². The van der Waals surface area contributed by atoms with Crippen LogP contribution in [-0.2, 0) is 14.8 Å². The molecule has 3 aromatic carbocycles. The molecule has 32 heavy (non-hydrogen) atoms. The lowest BCUT2D eigenvalue weighted by Gasteiger charge is -2.11. The van der Waals surface area contributed by atoms with E-state index in [0.717, 1.165) is 5.56 Å². The Kier molecular flexibility index (Phi) is 6.95. The fourth-order valence-electron chi connectivity index (χ4n) is 2.80. The number of aryl methyl sites for hydroxylation is 1. The topological polar surface area (TPSA) is 104 Å². The number of nitrogens with one attached hydrogen (secondary N) is 3. The largest absolute Gasteiger partial charge is 0.326 e. The molecular formula is C24H25N3O4S. The number of para-hydroxylation sites is 1. The van der Waals surface area contributed by atoms with Crippen LogP contribution in [0.2, 0.25) is 0 Å². The van der Waals surface area contributed by atoms with Gasteiger partial charge in [0, 0.05) is 22.9 Å². The van der Waals surface area contributed by atoms with Crippen molar-refractivity contribution in [1.29, 1.82) is 0 Å². The predicted molar refractivity (Wildman–Crippen MR) is 126 cm³/mol. The summed E-state index contributed by atoms with van der Waals surface area (Å²) in [6.45, 7) is 5.43. The van der Waals surface area contributed by atoms with Crippen LogP contribution in [0, 0.1) is 12.8 Å². The number of hydrogen-bond donors (Lipinski definition) is 3. The van der Waals surface area contributed by atoms with Gasteiger partial charge in [0.2, 0.25) is 5.91 Å². The van der Waals surface area contributed by atoms with Crippen molar-refractivity contribution >= 4 is 38.9 Å². The molecule has 8 heteroatoms. The van der Waals surface area contributed by atoms with E-state index in [9.17, 15) is 18.0 Å². The average molecular weight is 452 g/mol. The van der Waals surface area contributed by atoms with Crippen molar-refractivity contribution in [2.75, 3.05) is 15.4 Å². The fraction of sp³-hybridized carbons (Fsp3) is 0.167. The first kappa shape index (κ1) is 23.0. The summed E-state index contributed by atoms with van der Waals surface area (Å²) < 4.78 is 27.8. The lowest BCUT2D eigenvalue weighted by Crippen LogP contribution is -2.17. The summed E-state index contributed by atoms with van der Waals surface area (Å²) in [5, 5.41) is 5.53. The third-order valence-electron chi connectivity index (χ3n) is 4.75. The molecule has 0 aliphatic rings. The molecule has 0 unspecified atom stereocenters. The first-order chi connectivity index (χ1) is 15.2. The van der Waals surface area contributed by atoms with Gasteiger partial charge >= 0.3 is 0 Å². The molecule has 0 atom stereocenters. The van der Waals surface area contributed by atoms with Crippen LogP contribution in [0.5, 0.6) is 0 Å². The van der Waals surface area contributed by atoms with E-state index in [0.29, 0.717) is 22.6 Å². The Morgan fingerprint density at radius 3 is 1.91 bits per heavy atom. The van der Waals surface area contributed by atoms with E-state index < -0.39 is 10.0 Å². The first-order valence-electron chi connectivity index (χ1n) is 10.1. The minimum Gasteiger partial charge on any atom is -0.326 e. The fourth-order valence-corrected chi connectivity index (χ4v) is 3.93. The third kappa shape index (κ3) is 5.73. The minimum atomic E-state index is -3.77. The lowest BCUT2D eigenvalue weighted by atomic mass is 10.2. The second-order valence-corrected chi connectivity index (χ2v) is 9.30. The maximum absolute atomic E-state index is 12.6. The molecule has 0 aromatic heterocycles. The zero-order chi connectivity index (χ0) is 23.3. The quantitative estimate of drug-likeness (QED) is 0.487. The van der Waals surface area contributed by atoms with Gasteiger partial charge in [0.1, 0.15) is 0 Å². The molecule has 0 saturated heterocycles. The second-order valence-electron chi connectivity index (χ2n) is 7.62. The van der Waals surface area contributed by atoms with Crippen LogP contribution < -0.4 is 15.4 Å². The van der Waals surface area contributed by atoms with Gasteiger partial charge in [-0.15, -0.1) is 0 Å². The molecule has 0 aliphatic carbocycles. The van der Waals surface area contributed by atoms with Gasteiger partial charge < -0.3 is 10.6 Å². The Morgan fingerprint density at radius 2 is 1.34 bits per heavy atom. The average Bonchev–Trinajstić information content (AvgIpc) is 2.76. The van der Waals surface area contributed by atoms with Gasteiger partial charge in [-0.2, -0.15) is 0 Å². The van der Waals surface area contributed by atoms with Crippen molar-refractivity contribution < 1.29 is 18.0 Å². The van der Waals surface area contributed by atoms with Gasteiger partial charge in [0.15, 0.2) is 0 Å². The molecule has 0 spiro atoms. The van der Waals surface area contributed by atoms with E-state index in [1.807, 2.05) is 19.1 Å². The summed E-state index contributed by atoms with van der Waals surface area (Å²) in [4.78, 5) is 24.3. The second kappa shape index (κ2) is 9.65. The van der Waals surface area contributed by atoms with Crippen LogP contribution in [0.1, 0.15) is 29.8 Å². The number of hydrogen-bond acceptors (Lipinski definition) is 4. The van der Waals surface area contributed by atoms with Gasteiger partial charge in [-0.05, 0) is 67.1 Å². The summed E-state index contributed by atoms with van der Waals surface area (Å²) in [6, 6.07) is 19.5. The van der Waals surface area contributed by atoms with Crippen molar-refractivity contribution in [3.63, 3.8) is 0 Å². The van der Waals surface area contributed by atoms with Gasteiger partial charge in [-0.25, -0.2) is 8.42 Å². The Hall–Kier alpha value is -3.65. The molecule has 3 aromatic rings. The molecule has 3 rings (SSSR count). The van der Waals surface area contributed by atoms with Crippen molar-refractivity contribution in [3.05, 3.63) is 83.9 Å². The van der Waals surface area contributed by atoms with E-state index in [1.54, 1.807) is 50.2 Å². The Bertz CT molecular complexity index is 1220. The molecule has 0 heterocycles. The van der Waals surface area contributed by atoms with E-state index in [-0.39, 0.29) is 22.6 Å². The van der Waals surface area contributed by atoms with Gasteiger partial charge in [0.25, 0.3) is 15.9 Å². The minimum absolute atomic E-state index is 0.0579. The van der Waals surface area contributed by atoms with E-state index >= 15 is 0 Å². The molecular weight excluding hydrogens is 426 g/mol. The van der Waals surface area contributed by atoms with Crippen LogP contribution in [0.4, 0.5) is 17.1 Å². The zero-order valence-corrected chi connectivity index (χ0v) is 18.9. The van der Waals surface area contributed by atoms with E-state index in [1.165, 1.54) is 24.3 Å². The third-order valence-corrected chi connectivity index (χ3v) is 6.13. The number of anilines is 3. The highest BCUT2D eigenvalue weighted by Gasteiger charge is 2.16. The zero-order valence-electron chi connectivity index (χ0n) is 18.0. The molecule has 0 bridgehead atoms. The van der Waals surface area contributed by atoms with Crippen LogP contribution >= 0.6 is 0 Å². The standard InChI is InChI=1S/C24H25N3O4S/c1-16(2)23(28)25-19-10-12-20(13-11-19)26-24(29)18-8-14-21(15-9-18)32(30,31)27-22-7-5-4-6-17(22)3/h4-16,27H,1-3H3,(H,25,28)(H,26,29). The maximum atomic E-state index is 12.6. The normalized spacial score (nSPS) is 11.1. The molecule has 0 radical (unpaired) electrons. The molecule has 0 aliphatic heterocycles. The molecule has 2 amide bonds. The van der Waals surface area contributed by atoms with Crippen LogP contribution in [0.15, 0.2) is 77.7 Å². The lowest BCUT2D eigenvalue weighted by molar-refractivity contribution is -0.118. The number of sulfonamides is 1. The van der Waals surface area contributed by atoms with Crippen LogP contribution in [-0.4, -0.2) is 20.2 Å². The number of amides is 2. The van der Waals surface area contributed by atoms with Crippen LogP contribution in [0.3, 0.4) is 0 Å². The van der Waals surface area contributed by atoms with Crippen molar-refractivity contribution in [2.45, 2.75) is 25.7 Å². The molecule has 7 nitrogen and oxygen atoms in total. The number of rotatable bonds is 7. The van der Waals surface area contributed by atoms with Crippen molar-refractivity contribution in [3.8, 4) is 0 Å². The summed E-state index contributed by atoms with van der Waals surface area (Å²) in [7, 11) is -3.77. The summed E-state index contributed by atoms with van der Waals surface area (Å²) in [6.07, 6.45) is 0. The smallest absolute Gasteiger partial charge is 0.261 e. The highest BCUT2D eigenvalue weighted by molar-refractivity contribution is 7.92. The first-order valence-corrected chi connectivity index (χ1v) is 11.5. The van der Waals surface area contributed by atoms with Gasteiger partial charge in [0.05, 0.1) is 10.6 Å². The SMILES string of the molecule is Cc1ccccc1NS(=O)(=O)c1ccc(C(=O)Nc2ccc(NC(=O)C(C)C)cc2)cc1. The summed E-state index contributed by atoms with van der Waals surface area (Å²) >= 11 is 0. The Labute approximate surface area is 187 Å². The molecule has 166 valence electrons. The summed E-state index contributed by atoms with van der Waals surface area (Å²) in [5.74, 6) is -0.596.